The van der Waals surface area contributed by atoms with Crippen LogP contribution in [0.3, 0.4) is 0 Å². The molecule has 2 rings (SSSR count). The van der Waals surface area contributed by atoms with Crippen molar-refractivity contribution >= 4 is 11.8 Å². The van der Waals surface area contributed by atoms with Crippen LogP contribution >= 0.6 is 11.8 Å². The van der Waals surface area contributed by atoms with E-state index in [-0.39, 0.29) is 12.0 Å². The number of halogens is 3. The fourth-order valence-corrected chi connectivity index (χ4v) is 3.31. The third-order valence-corrected chi connectivity index (χ3v) is 4.58. The largest absolute Gasteiger partial charge is 0.412 e. The first-order valence-electron chi connectivity index (χ1n) is 6.35. The predicted octanol–water partition coefficient (Wildman–Crippen LogP) is 2.28. The summed E-state index contributed by atoms with van der Waals surface area (Å²) in [5.41, 5.74) is -0.356. The molecule has 0 aromatic carbocycles. The molecule has 1 N–H and O–H groups in total. The van der Waals surface area contributed by atoms with E-state index >= 15 is 0 Å². The van der Waals surface area contributed by atoms with Crippen LogP contribution in [0, 0.1) is 0 Å². The molecule has 2 nitrogen and oxygen atoms in total. The first kappa shape index (κ1) is 14.2. The molecule has 0 saturated carbocycles. The molecule has 1 unspecified atom stereocenters. The molecule has 0 amide bonds. The van der Waals surface area contributed by atoms with Crippen LogP contribution in [-0.4, -0.2) is 54.8 Å². The predicted molar refractivity (Wildman–Crippen MR) is 68.9 cm³/mol. The summed E-state index contributed by atoms with van der Waals surface area (Å²) in [6.07, 6.45) is -1.63. The van der Waals surface area contributed by atoms with Gasteiger partial charge in [-0.2, -0.15) is 24.9 Å². The molecule has 0 bridgehead atoms. The highest BCUT2D eigenvalue weighted by molar-refractivity contribution is 7.99. The Balaban J connectivity index is 1.71. The van der Waals surface area contributed by atoms with Crippen LogP contribution in [0.4, 0.5) is 13.2 Å². The lowest BCUT2D eigenvalue weighted by molar-refractivity contribution is -0.0960. The molecule has 104 valence electrons. The number of nitrogens with zero attached hydrogens (tertiary/aromatic N) is 1. The van der Waals surface area contributed by atoms with Crippen molar-refractivity contribution in [2.24, 2.45) is 0 Å². The van der Waals surface area contributed by atoms with Crippen molar-refractivity contribution < 1.29 is 13.2 Å². The van der Waals surface area contributed by atoms with Gasteiger partial charge in [0.05, 0.1) is 0 Å². The van der Waals surface area contributed by atoms with Gasteiger partial charge in [-0.25, -0.2) is 0 Å². The normalized spacial score (nSPS) is 27.1. The lowest BCUT2D eigenvalue weighted by Gasteiger charge is -2.30. The Hall–Kier alpha value is -0.200. The number of alkyl halides is 3. The van der Waals surface area contributed by atoms with Crippen molar-refractivity contribution in [3.8, 4) is 0 Å². The van der Waals surface area contributed by atoms with Crippen LogP contribution in [0.2, 0.25) is 0 Å². The first-order valence-corrected chi connectivity index (χ1v) is 7.51. The van der Waals surface area contributed by atoms with Crippen molar-refractivity contribution in [2.75, 3.05) is 37.7 Å². The van der Waals surface area contributed by atoms with Gasteiger partial charge in [-0.05, 0) is 19.4 Å². The Morgan fingerprint density at radius 1 is 1.44 bits per heavy atom. The van der Waals surface area contributed by atoms with E-state index in [0.29, 0.717) is 19.1 Å². The molecular formula is C12H19F3N2S. The van der Waals surface area contributed by atoms with E-state index in [2.05, 4.69) is 10.2 Å². The molecular weight excluding hydrogens is 261 g/mol. The molecule has 6 heteroatoms. The third kappa shape index (κ3) is 4.17. The molecule has 2 heterocycles. The minimum Gasteiger partial charge on any atom is -0.312 e. The third-order valence-electron chi connectivity index (χ3n) is 3.45. The van der Waals surface area contributed by atoms with Crippen LogP contribution in [0.15, 0.2) is 11.6 Å². The quantitative estimate of drug-likeness (QED) is 0.799. The van der Waals surface area contributed by atoms with Crippen LogP contribution in [-0.2, 0) is 0 Å². The first-order chi connectivity index (χ1) is 8.55. The van der Waals surface area contributed by atoms with Crippen molar-refractivity contribution in [3.63, 3.8) is 0 Å². The molecule has 1 saturated heterocycles. The van der Waals surface area contributed by atoms with Gasteiger partial charge in [-0.1, -0.05) is 6.08 Å². The number of thioether (sulfide) groups is 1. The molecule has 18 heavy (non-hydrogen) atoms. The summed E-state index contributed by atoms with van der Waals surface area (Å²) in [5, 5.41) is 3.45. The smallest absolute Gasteiger partial charge is 0.312 e. The van der Waals surface area contributed by atoms with Gasteiger partial charge in [0.1, 0.15) is 0 Å². The second-order valence-electron chi connectivity index (χ2n) is 4.79. The molecule has 0 aromatic rings. The highest BCUT2D eigenvalue weighted by atomic mass is 32.2. The minimum atomic E-state index is -4.13. The van der Waals surface area contributed by atoms with E-state index in [1.54, 1.807) is 0 Å². The maximum atomic E-state index is 12.4. The molecule has 0 aromatic heterocycles. The molecule has 2 aliphatic rings. The van der Waals surface area contributed by atoms with Crippen molar-refractivity contribution in [2.45, 2.75) is 25.1 Å². The highest BCUT2D eigenvalue weighted by Crippen LogP contribution is 2.30. The Kier molecular flexibility index (Phi) is 4.98. The van der Waals surface area contributed by atoms with Gasteiger partial charge < -0.3 is 5.32 Å². The Morgan fingerprint density at radius 3 is 2.83 bits per heavy atom. The van der Waals surface area contributed by atoms with E-state index in [9.17, 15) is 13.2 Å². The lowest BCUT2D eigenvalue weighted by Crippen LogP contribution is -2.41. The summed E-state index contributed by atoms with van der Waals surface area (Å²) in [5.74, 6) is 2.29. The van der Waals surface area contributed by atoms with Crippen LogP contribution < -0.4 is 5.32 Å². The average molecular weight is 280 g/mol. The summed E-state index contributed by atoms with van der Waals surface area (Å²) >= 11 is 1.95. The average Bonchev–Trinajstić information content (AvgIpc) is 2.37. The summed E-state index contributed by atoms with van der Waals surface area (Å²) in [6, 6.07) is 0.525. The number of hydrogen-bond donors (Lipinski definition) is 1. The molecule has 0 aliphatic carbocycles. The van der Waals surface area contributed by atoms with Gasteiger partial charge in [0.25, 0.3) is 0 Å². The Bertz CT molecular complexity index is 298. The molecule has 0 spiro atoms. The summed E-state index contributed by atoms with van der Waals surface area (Å²) in [7, 11) is 0. The molecule has 1 fully saturated rings. The molecule has 1 atom stereocenters. The number of nitrogens with one attached hydrogen (secondary N) is 1. The van der Waals surface area contributed by atoms with Crippen LogP contribution in [0.25, 0.3) is 0 Å². The van der Waals surface area contributed by atoms with Crippen molar-refractivity contribution in [3.05, 3.63) is 11.6 Å². The van der Waals surface area contributed by atoms with Gasteiger partial charge in [0.2, 0.25) is 0 Å². The monoisotopic (exact) mass is 280 g/mol. The van der Waals surface area contributed by atoms with E-state index < -0.39 is 6.18 Å². The fraction of sp³-hybridized carbons (Fsp3) is 0.833. The fourth-order valence-electron chi connectivity index (χ4n) is 2.32. The van der Waals surface area contributed by atoms with Crippen LogP contribution in [0.1, 0.15) is 12.8 Å². The number of rotatable bonds is 3. The molecule has 0 radical (unpaired) electrons. The zero-order valence-electron chi connectivity index (χ0n) is 10.3. The molecule has 2 aliphatic heterocycles. The second kappa shape index (κ2) is 6.30. The Morgan fingerprint density at radius 2 is 2.28 bits per heavy atom. The summed E-state index contributed by atoms with van der Waals surface area (Å²) in [4.78, 5) is 2.11. The van der Waals surface area contributed by atoms with Gasteiger partial charge in [0.15, 0.2) is 0 Å². The highest BCUT2D eigenvalue weighted by Gasteiger charge is 2.34. The maximum absolute atomic E-state index is 12.4. The van der Waals surface area contributed by atoms with E-state index in [0.717, 1.165) is 31.0 Å². The Labute approximate surface area is 110 Å². The SMILES string of the molecule is FC(F)(F)C1=CCN(CCC2CSCCN2)CC1. The standard InChI is InChI=1S/C12H19F3N2S/c13-12(14,15)10-1-5-17(6-2-10)7-3-11-9-18-8-4-16-11/h1,11,16H,2-9H2. The van der Waals surface area contributed by atoms with Gasteiger partial charge in [0, 0.05) is 42.8 Å². The lowest BCUT2D eigenvalue weighted by atomic mass is 10.1. The minimum absolute atomic E-state index is 0.135. The zero-order chi connectivity index (χ0) is 13.0. The zero-order valence-corrected chi connectivity index (χ0v) is 11.1. The van der Waals surface area contributed by atoms with E-state index in [1.807, 2.05) is 11.8 Å². The summed E-state index contributed by atoms with van der Waals surface area (Å²) in [6.45, 7) is 2.91. The van der Waals surface area contributed by atoms with Crippen molar-refractivity contribution in [1.82, 2.24) is 10.2 Å². The van der Waals surface area contributed by atoms with Gasteiger partial charge in [-0.15, -0.1) is 0 Å². The van der Waals surface area contributed by atoms with E-state index in [1.165, 1.54) is 6.08 Å². The topological polar surface area (TPSA) is 15.3 Å². The van der Waals surface area contributed by atoms with E-state index in [4.69, 9.17) is 0 Å². The van der Waals surface area contributed by atoms with Gasteiger partial charge >= 0.3 is 6.18 Å². The summed E-state index contributed by atoms with van der Waals surface area (Å²) < 4.78 is 37.3. The second-order valence-corrected chi connectivity index (χ2v) is 5.94. The van der Waals surface area contributed by atoms with Gasteiger partial charge in [-0.3, -0.25) is 4.90 Å². The van der Waals surface area contributed by atoms with Crippen molar-refractivity contribution in [1.29, 1.82) is 0 Å². The number of hydrogen-bond acceptors (Lipinski definition) is 3. The van der Waals surface area contributed by atoms with Crippen LogP contribution in [0.5, 0.6) is 0 Å². The maximum Gasteiger partial charge on any atom is 0.412 e.